The minimum Gasteiger partial charge on any atom is -0.385 e. The Morgan fingerprint density at radius 2 is 1.50 bits per heavy atom. The van der Waals surface area contributed by atoms with Gasteiger partial charge in [-0.05, 0) is 68.4 Å². The molecule has 1 aliphatic carbocycles. The summed E-state index contributed by atoms with van der Waals surface area (Å²) in [5, 5.41) is 10.7. The molecule has 1 amide bonds. The summed E-state index contributed by atoms with van der Waals surface area (Å²) in [4.78, 5) is 15.3. The van der Waals surface area contributed by atoms with E-state index in [0.717, 1.165) is 36.9 Å². The second-order valence-electron chi connectivity index (χ2n) is 9.25. The molecule has 5 rings (SSSR count). The number of halogens is 1. The molecule has 0 atom stereocenters. The van der Waals surface area contributed by atoms with Gasteiger partial charge in [-0.2, -0.15) is 4.31 Å². The van der Waals surface area contributed by atoms with E-state index in [0.29, 0.717) is 32.5 Å². The normalized spacial score (nSPS) is 22.8. The van der Waals surface area contributed by atoms with Gasteiger partial charge in [0.15, 0.2) is 0 Å². The van der Waals surface area contributed by atoms with Crippen LogP contribution in [0, 0.1) is 5.41 Å². The van der Waals surface area contributed by atoms with E-state index >= 15 is 0 Å². The fourth-order valence-electron chi connectivity index (χ4n) is 5.23. The van der Waals surface area contributed by atoms with Gasteiger partial charge in [0, 0.05) is 25.3 Å². The van der Waals surface area contributed by atoms with Crippen LogP contribution in [0.4, 0.5) is 5.69 Å². The Kier molecular flexibility index (Phi) is 5.36. The maximum absolute atomic E-state index is 13.4. The van der Waals surface area contributed by atoms with Gasteiger partial charge < -0.3 is 10.0 Å². The standard InChI is InChI=1S/C24H27ClN2O4S/c25-20-4-1-2-5-21(20)32(30,31)26-15-12-23(13-16-26)14-17-27(22(23)28)19-8-6-18(7-9-19)24(29)10-3-11-24/h1-2,4-9,29H,3,10-17H2. The number of carbonyl (C=O) groups excluding carboxylic acids is 1. The number of piperidine rings is 1. The van der Waals surface area contributed by atoms with Crippen molar-refractivity contribution in [1.82, 2.24) is 4.31 Å². The average Bonchev–Trinajstić information content (AvgIpc) is 3.08. The number of hydrogen-bond donors (Lipinski definition) is 1. The van der Waals surface area contributed by atoms with Crippen molar-refractivity contribution in [3.8, 4) is 0 Å². The lowest BCUT2D eigenvalue weighted by molar-refractivity contribution is -0.127. The van der Waals surface area contributed by atoms with E-state index in [1.54, 1.807) is 18.2 Å². The molecule has 6 nitrogen and oxygen atoms in total. The number of hydrogen-bond acceptors (Lipinski definition) is 4. The first-order valence-electron chi connectivity index (χ1n) is 11.1. The van der Waals surface area contributed by atoms with E-state index in [-0.39, 0.29) is 15.8 Å². The van der Waals surface area contributed by atoms with Gasteiger partial charge in [0.1, 0.15) is 4.90 Å². The third kappa shape index (κ3) is 3.46. The summed E-state index contributed by atoms with van der Waals surface area (Å²) in [5.74, 6) is 0.0717. The van der Waals surface area contributed by atoms with E-state index in [9.17, 15) is 18.3 Å². The zero-order valence-corrected chi connectivity index (χ0v) is 19.4. The van der Waals surface area contributed by atoms with Gasteiger partial charge in [0.25, 0.3) is 0 Å². The number of rotatable bonds is 4. The van der Waals surface area contributed by atoms with Gasteiger partial charge in [0.05, 0.1) is 16.0 Å². The molecule has 170 valence electrons. The van der Waals surface area contributed by atoms with Crippen molar-refractivity contribution in [3.05, 3.63) is 59.1 Å². The van der Waals surface area contributed by atoms with Gasteiger partial charge >= 0.3 is 0 Å². The van der Waals surface area contributed by atoms with Gasteiger partial charge in [-0.1, -0.05) is 35.9 Å². The topological polar surface area (TPSA) is 77.9 Å². The number of nitrogens with zero attached hydrogens (tertiary/aromatic N) is 2. The summed E-state index contributed by atoms with van der Waals surface area (Å²) in [5.41, 5.74) is 0.517. The van der Waals surface area contributed by atoms with Crippen molar-refractivity contribution in [3.63, 3.8) is 0 Å². The molecule has 2 aromatic carbocycles. The molecule has 1 spiro atoms. The summed E-state index contributed by atoms with van der Waals surface area (Å²) in [6.07, 6.45) is 4.33. The van der Waals surface area contributed by atoms with Crippen molar-refractivity contribution < 1.29 is 18.3 Å². The second-order valence-corrected chi connectivity index (χ2v) is 11.6. The molecule has 3 aliphatic rings. The highest BCUT2D eigenvalue weighted by Gasteiger charge is 2.50. The zero-order chi connectivity index (χ0) is 22.6. The first kappa shape index (κ1) is 21.9. The highest BCUT2D eigenvalue weighted by atomic mass is 35.5. The molecule has 32 heavy (non-hydrogen) atoms. The molecule has 2 aliphatic heterocycles. The molecule has 1 saturated carbocycles. The molecule has 8 heteroatoms. The lowest BCUT2D eigenvalue weighted by Gasteiger charge is -2.38. The Morgan fingerprint density at radius 3 is 2.09 bits per heavy atom. The van der Waals surface area contributed by atoms with E-state index < -0.39 is 21.0 Å². The second kappa shape index (κ2) is 7.83. The van der Waals surface area contributed by atoms with Crippen molar-refractivity contribution in [1.29, 1.82) is 0 Å². The maximum atomic E-state index is 13.4. The highest BCUT2D eigenvalue weighted by molar-refractivity contribution is 7.89. The van der Waals surface area contributed by atoms with Crippen molar-refractivity contribution in [2.75, 3.05) is 24.5 Å². The minimum absolute atomic E-state index is 0.0717. The molecule has 3 fully saturated rings. The number of amides is 1. The molecular weight excluding hydrogens is 448 g/mol. The number of carbonyl (C=O) groups is 1. The van der Waals surface area contributed by atoms with E-state index in [1.165, 1.54) is 10.4 Å². The van der Waals surface area contributed by atoms with Crippen LogP contribution in [-0.2, 0) is 20.4 Å². The number of benzene rings is 2. The van der Waals surface area contributed by atoms with Crippen LogP contribution in [0.25, 0.3) is 0 Å². The molecule has 0 radical (unpaired) electrons. The predicted octanol–water partition coefficient (Wildman–Crippen LogP) is 3.92. The monoisotopic (exact) mass is 474 g/mol. The maximum Gasteiger partial charge on any atom is 0.244 e. The number of aliphatic hydroxyl groups is 1. The SMILES string of the molecule is O=C1N(c2ccc(C3(O)CCC3)cc2)CCC12CCN(S(=O)(=O)c1ccccc1Cl)CC2. The third-order valence-corrected chi connectivity index (χ3v) is 9.94. The van der Waals surface area contributed by atoms with Crippen LogP contribution in [0.1, 0.15) is 44.1 Å². The quantitative estimate of drug-likeness (QED) is 0.728. The fourth-order valence-corrected chi connectivity index (χ4v) is 7.17. The average molecular weight is 475 g/mol. The lowest BCUT2D eigenvalue weighted by atomic mass is 9.75. The third-order valence-electron chi connectivity index (χ3n) is 7.54. The van der Waals surface area contributed by atoms with Crippen LogP contribution in [0.2, 0.25) is 5.02 Å². The summed E-state index contributed by atoms with van der Waals surface area (Å²) in [6.45, 7) is 1.23. The fraction of sp³-hybridized carbons (Fsp3) is 0.458. The van der Waals surface area contributed by atoms with Gasteiger partial charge in [-0.15, -0.1) is 0 Å². The highest BCUT2D eigenvalue weighted by Crippen LogP contribution is 2.45. The Balaban J connectivity index is 1.29. The van der Waals surface area contributed by atoms with Crippen LogP contribution < -0.4 is 4.90 Å². The van der Waals surface area contributed by atoms with E-state index in [1.807, 2.05) is 29.2 Å². The molecule has 0 unspecified atom stereocenters. The van der Waals surface area contributed by atoms with Crippen LogP contribution in [0.5, 0.6) is 0 Å². The largest absolute Gasteiger partial charge is 0.385 e. The molecule has 0 bridgehead atoms. The van der Waals surface area contributed by atoms with Gasteiger partial charge in [-0.3, -0.25) is 4.79 Å². The molecule has 2 heterocycles. The van der Waals surface area contributed by atoms with Crippen molar-refractivity contribution in [2.24, 2.45) is 5.41 Å². The first-order valence-corrected chi connectivity index (χ1v) is 13.0. The van der Waals surface area contributed by atoms with Crippen molar-refractivity contribution in [2.45, 2.75) is 49.0 Å². The smallest absolute Gasteiger partial charge is 0.244 e. The number of sulfonamides is 1. The zero-order valence-electron chi connectivity index (χ0n) is 17.8. The van der Waals surface area contributed by atoms with Crippen molar-refractivity contribution >= 4 is 33.2 Å². The summed E-state index contributed by atoms with van der Waals surface area (Å²) >= 11 is 6.13. The molecule has 2 aromatic rings. The summed E-state index contributed by atoms with van der Waals surface area (Å²) in [7, 11) is -3.69. The van der Waals surface area contributed by atoms with Crippen LogP contribution >= 0.6 is 11.6 Å². The van der Waals surface area contributed by atoms with Crippen LogP contribution in [0.3, 0.4) is 0 Å². The van der Waals surface area contributed by atoms with Gasteiger partial charge in [0.2, 0.25) is 15.9 Å². The first-order chi connectivity index (χ1) is 15.3. The Morgan fingerprint density at radius 1 is 0.875 bits per heavy atom. The Labute approximate surface area is 193 Å². The van der Waals surface area contributed by atoms with Gasteiger partial charge in [-0.25, -0.2) is 8.42 Å². The molecule has 0 aromatic heterocycles. The molecule has 2 saturated heterocycles. The predicted molar refractivity (Wildman–Crippen MR) is 123 cm³/mol. The minimum atomic E-state index is -3.69. The van der Waals surface area contributed by atoms with Crippen LogP contribution in [-0.4, -0.2) is 43.4 Å². The van der Waals surface area contributed by atoms with E-state index in [4.69, 9.17) is 11.6 Å². The lowest BCUT2D eigenvalue weighted by Crippen LogP contribution is -2.46. The molecule has 1 N–H and O–H groups in total. The Hall–Kier alpha value is -1.93. The summed E-state index contributed by atoms with van der Waals surface area (Å²) < 4.78 is 27.5. The van der Waals surface area contributed by atoms with E-state index in [2.05, 4.69) is 0 Å². The summed E-state index contributed by atoms with van der Waals surface area (Å²) in [6, 6.07) is 14.1. The Bertz CT molecular complexity index is 1140. The van der Waals surface area contributed by atoms with Crippen LogP contribution in [0.15, 0.2) is 53.4 Å². The molecular formula is C24H27ClN2O4S. The number of anilines is 1.